The topological polar surface area (TPSA) is 71.4 Å². The van der Waals surface area contributed by atoms with E-state index in [9.17, 15) is 4.79 Å². The molecular weight excluding hydrogens is 270 g/mol. The molecule has 2 amide bonds. The van der Waals surface area contributed by atoms with E-state index in [1.54, 1.807) is 24.2 Å². The van der Waals surface area contributed by atoms with E-state index >= 15 is 0 Å². The molecule has 2 rings (SSSR count). The Balaban J connectivity index is 1.72. The molecule has 1 saturated heterocycles. The molecule has 21 heavy (non-hydrogen) atoms. The molecule has 7 nitrogen and oxygen atoms in total. The SMILES string of the molecule is CCN1CCC[C@@H]1CNC(=O)Nc1cnn(CCOC)c1. The van der Waals surface area contributed by atoms with Crippen LogP contribution in [0.3, 0.4) is 0 Å². The Bertz CT molecular complexity index is 448. The lowest BCUT2D eigenvalue weighted by Gasteiger charge is -2.22. The third kappa shape index (κ3) is 4.71. The number of methoxy groups -OCH3 is 1. The maximum atomic E-state index is 11.9. The van der Waals surface area contributed by atoms with Gasteiger partial charge in [0.05, 0.1) is 25.0 Å². The summed E-state index contributed by atoms with van der Waals surface area (Å²) in [6, 6.07) is 0.287. The largest absolute Gasteiger partial charge is 0.383 e. The van der Waals surface area contributed by atoms with Crippen molar-refractivity contribution in [2.24, 2.45) is 0 Å². The van der Waals surface area contributed by atoms with E-state index in [-0.39, 0.29) is 6.03 Å². The first kappa shape index (κ1) is 15.8. The van der Waals surface area contributed by atoms with Crippen LogP contribution in [-0.4, -0.2) is 60.1 Å². The lowest BCUT2D eigenvalue weighted by Crippen LogP contribution is -2.41. The number of anilines is 1. The molecule has 1 atom stereocenters. The summed E-state index contributed by atoms with van der Waals surface area (Å²) in [7, 11) is 1.65. The van der Waals surface area contributed by atoms with Gasteiger partial charge in [0.1, 0.15) is 0 Å². The smallest absolute Gasteiger partial charge is 0.319 e. The molecule has 2 N–H and O–H groups in total. The summed E-state index contributed by atoms with van der Waals surface area (Å²) in [5.74, 6) is 0. The minimum Gasteiger partial charge on any atom is -0.383 e. The van der Waals surface area contributed by atoms with Crippen molar-refractivity contribution >= 4 is 11.7 Å². The third-order valence-corrected chi connectivity index (χ3v) is 3.82. The molecule has 7 heteroatoms. The van der Waals surface area contributed by atoms with Crippen molar-refractivity contribution in [2.75, 3.05) is 38.7 Å². The molecule has 0 unspecified atom stereocenters. The lowest BCUT2D eigenvalue weighted by atomic mass is 10.2. The zero-order valence-electron chi connectivity index (χ0n) is 12.8. The van der Waals surface area contributed by atoms with E-state index in [1.807, 2.05) is 0 Å². The lowest BCUT2D eigenvalue weighted by molar-refractivity contribution is 0.183. The maximum absolute atomic E-state index is 11.9. The fourth-order valence-electron chi connectivity index (χ4n) is 2.66. The maximum Gasteiger partial charge on any atom is 0.319 e. The van der Waals surface area contributed by atoms with Gasteiger partial charge in [-0.3, -0.25) is 9.58 Å². The van der Waals surface area contributed by atoms with Crippen LogP contribution >= 0.6 is 0 Å². The molecule has 2 heterocycles. The van der Waals surface area contributed by atoms with E-state index in [1.165, 1.54) is 6.42 Å². The number of nitrogens with zero attached hydrogens (tertiary/aromatic N) is 3. The molecular formula is C14H25N5O2. The number of likely N-dealkylation sites (N-methyl/N-ethyl adjacent to an activating group) is 1. The van der Waals surface area contributed by atoms with Crippen molar-refractivity contribution in [1.82, 2.24) is 20.0 Å². The van der Waals surface area contributed by atoms with Crippen LogP contribution < -0.4 is 10.6 Å². The van der Waals surface area contributed by atoms with Crippen molar-refractivity contribution in [1.29, 1.82) is 0 Å². The third-order valence-electron chi connectivity index (χ3n) is 3.82. The number of hydrogen-bond donors (Lipinski definition) is 2. The van der Waals surface area contributed by atoms with Crippen LogP contribution in [0.2, 0.25) is 0 Å². The number of carbonyl (C=O) groups excluding carboxylic acids is 1. The molecule has 0 radical (unpaired) electrons. The highest BCUT2D eigenvalue weighted by atomic mass is 16.5. The van der Waals surface area contributed by atoms with Crippen molar-refractivity contribution in [3.8, 4) is 0 Å². The van der Waals surface area contributed by atoms with Crippen LogP contribution in [0.5, 0.6) is 0 Å². The van der Waals surface area contributed by atoms with Crippen LogP contribution in [0.15, 0.2) is 12.4 Å². The second-order valence-corrected chi connectivity index (χ2v) is 5.24. The van der Waals surface area contributed by atoms with Gasteiger partial charge in [0.2, 0.25) is 0 Å². The molecule has 0 aliphatic carbocycles. The molecule has 1 aliphatic heterocycles. The first-order valence-electron chi connectivity index (χ1n) is 7.53. The van der Waals surface area contributed by atoms with Gasteiger partial charge in [-0.15, -0.1) is 0 Å². The van der Waals surface area contributed by atoms with Crippen molar-refractivity contribution < 1.29 is 9.53 Å². The van der Waals surface area contributed by atoms with Gasteiger partial charge in [-0.2, -0.15) is 5.10 Å². The number of ether oxygens (including phenoxy) is 1. The average molecular weight is 295 g/mol. The van der Waals surface area contributed by atoms with Crippen LogP contribution in [0.1, 0.15) is 19.8 Å². The molecule has 0 saturated carbocycles. The Hall–Kier alpha value is -1.60. The second-order valence-electron chi connectivity index (χ2n) is 5.24. The molecule has 1 aromatic heterocycles. The number of hydrogen-bond acceptors (Lipinski definition) is 4. The van der Waals surface area contributed by atoms with Gasteiger partial charge in [0.15, 0.2) is 0 Å². The highest BCUT2D eigenvalue weighted by molar-refractivity contribution is 5.88. The zero-order chi connectivity index (χ0) is 15.1. The van der Waals surface area contributed by atoms with Gasteiger partial charge in [0, 0.05) is 25.9 Å². The number of nitrogens with one attached hydrogen (secondary N) is 2. The summed E-state index contributed by atoms with van der Waals surface area (Å²) >= 11 is 0. The summed E-state index contributed by atoms with van der Waals surface area (Å²) in [4.78, 5) is 14.3. The first-order valence-corrected chi connectivity index (χ1v) is 7.53. The van der Waals surface area contributed by atoms with Crippen LogP contribution in [0, 0.1) is 0 Å². The number of urea groups is 1. The molecule has 0 aromatic carbocycles. The highest BCUT2D eigenvalue weighted by Gasteiger charge is 2.23. The Kier molecular flexibility index (Phi) is 6.01. The first-order chi connectivity index (χ1) is 10.2. The Labute approximate surface area is 125 Å². The van der Waals surface area contributed by atoms with Crippen LogP contribution in [0.25, 0.3) is 0 Å². The summed E-state index contributed by atoms with van der Waals surface area (Å²) in [6.45, 7) is 6.30. The number of carbonyl (C=O) groups is 1. The van der Waals surface area contributed by atoms with E-state index < -0.39 is 0 Å². The van der Waals surface area contributed by atoms with Gasteiger partial charge in [0.25, 0.3) is 0 Å². The quantitative estimate of drug-likeness (QED) is 0.791. The van der Waals surface area contributed by atoms with E-state index in [2.05, 4.69) is 27.6 Å². The second kappa shape index (κ2) is 7.99. The normalized spacial score (nSPS) is 18.9. The fraction of sp³-hybridized carbons (Fsp3) is 0.714. The number of aromatic nitrogens is 2. The minimum absolute atomic E-state index is 0.177. The van der Waals surface area contributed by atoms with E-state index in [4.69, 9.17) is 4.74 Å². The van der Waals surface area contributed by atoms with Crippen LogP contribution in [-0.2, 0) is 11.3 Å². The molecule has 1 fully saturated rings. The fourth-order valence-corrected chi connectivity index (χ4v) is 2.66. The van der Waals surface area contributed by atoms with Gasteiger partial charge in [-0.05, 0) is 25.9 Å². The zero-order valence-corrected chi connectivity index (χ0v) is 12.8. The van der Waals surface area contributed by atoms with Gasteiger partial charge < -0.3 is 15.4 Å². The Morgan fingerprint density at radius 3 is 3.19 bits per heavy atom. The van der Waals surface area contributed by atoms with Gasteiger partial charge >= 0.3 is 6.03 Å². The Morgan fingerprint density at radius 2 is 2.43 bits per heavy atom. The highest BCUT2D eigenvalue weighted by Crippen LogP contribution is 2.15. The minimum atomic E-state index is -0.177. The summed E-state index contributed by atoms with van der Waals surface area (Å²) in [5, 5.41) is 9.89. The summed E-state index contributed by atoms with van der Waals surface area (Å²) < 4.78 is 6.73. The molecule has 1 aliphatic rings. The average Bonchev–Trinajstić information content (AvgIpc) is 3.11. The summed E-state index contributed by atoms with van der Waals surface area (Å²) in [6.07, 6.45) is 5.81. The summed E-state index contributed by atoms with van der Waals surface area (Å²) in [5.41, 5.74) is 0.697. The number of amides is 2. The predicted octanol–water partition coefficient (Wildman–Crippen LogP) is 1.14. The monoisotopic (exact) mass is 295 g/mol. The van der Waals surface area contributed by atoms with Gasteiger partial charge in [-0.25, -0.2) is 4.79 Å². The van der Waals surface area contributed by atoms with Crippen molar-refractivity contribution in [3.63, 3.8) is 0 Å². The molecule has 1 aromatic rings. The van der Waals surface area contributed by atoms with Crippen molar-refractivity contribution in [2.45, 2.75) is 32.4 Å². The van der Waals surface area contributed by atoms with E-state index in [0.29, 0.717) is 31.4 Å². The molecule has 0 spiro atoms. The molecule has 118 valence electrons. The van der Waals surface area contributed by atoms with Crippen molar-refractivity contribution in [3.05, 3.63) is 12.4 Å². The number of likely N-dealkylation sites (tertiary alicyclic amines) is 1. The standard InChI is InChI=1S/C14H25N5O2/c1-3-18-6-4-5-13(18)10-15-14(20)17-12-9-16-19(11-12)7-8-21-2/h9,11,13H,3-8,10H2,1-2H3,(H2,15,17,20)/t13-/m1/s1. The van der Waals surface area contributed by atoms with Crippen LogP contribution in [0.4, 0.5) is 10.5 Å². The van der Waals surface area contributed by atoms with Gasteiger partial charge in [-0.1, -0.05) is 6.92 Å². The molecule has 0 bridgehead atoms. The van der Waals surface area contributed by atoms with E-state index in [0.717, 1.165) is 19.5 Å². The Morgan fingerprint density at radius 1 is 1.57 bits per heavy atom. The number of rotatable bonds is 7. The predicted molar refractivity (Wildman–Crippen MR) is 81.4 cm³/mol.